The first-order chi connectivity index (χ1) is 6.70. The second-order valence-corrected chi connectivity index (χ2v) is 4.03. The molecule has 0 fully saturated rings. The van der Waals surface area contributed by atoms with Crippen molar-refractivity contribution in [3.63, 3.8) is 0 Å². The average molecular weight is 209 g/mol. The van der Waals surface area contributed by atoms with Crippen LogP contribution in [0.4, 0.5) is 0 Å². The molecular weight excluding hydrogens is 198 g/mol. The van der Waals surface area contributed by atoms with Gasteiger partial charge in [0.05, 0.1) is 18.0 Å². The largest absolute Gasteiger partial charge is 0.389 e. The number of thiazole rings is 1. The first-order valence-electron chi connectivity index (χ1n) is 4.26. The molecule has 0 aliphatic heterocycles. The third-order valence-corrected chi connectivity index (χ3v) is 2.81. The molecule has 0 radical (unpaired) electrons. The zero-order chi connectivity index (χ0) is 10.1. The Hall–Kier alpha value is -1.20. The van der Waals surface area contributed by atoms with Gasteiger partial charge in [-0.15, -0.1) is 11.3 Å². The van der Waals surface area contributed by atoms with Crippen molar-refractivity contribution < 1.29 is 5.11 Å². The van der Waals surface area contributed by atoms with E-state index in [-0.39, 0.29) is 6.61 Å². The molecule has 4 nitrogen and oxygen atoms in total. The van der Waals surface area contributed by atoms with E-state index in [1.165, 1.54) is 11.3 Å². The van der Waals surface area contributed by atoms with Gasteiger partial charge in [-0.1, -0.05) is 0 Å². The van der Waals surface area contributed by atoms with Crippen LogP contribution in [0.1, 0.15) is 10.7 Å². The molecular formula is C9H11N3OS. The molecule has 0 aromatic carbocycles. The molecule has 0 spiro atoms. The summed E-state index contributed by atoms with van der Waals surface area (Å²) in [4.78, 5) is 4.29. The monoisotopic (exact) mass is 209 g/mol. The van der Waals surface area contributed by atoms with Crippen LogP contribution >= 0.6 is 11.3 Å². The van der Waals surface area contributed by atoms with E-state index in [9.17, 15) is 0 Å². The average Bonchev–Trinajstić information content (AvgIpc) is 2.71. The fourth-order valence-corrected chi connectivity index (χ4v) is 2.01. The summed E-state index contributed by atoms with van der Waals surface area (Å²) < 4.78 is 1.77. The van der Waals surface area contributed by atoms with Gasteiger partial charge in [0.2, 0.25) is 0 Å². The molecule has 2 rings (SSSR count). The predicted octanol–water partition coefficient (Wildman–Crippen LogP) is 1.34. The fraction of sp³-hybridized carbons (Fsp3) is 0.333. The number of hydrogen-bond acceptors (Lipinski definition) is 4. The van der Waals surface area contributed by atoms with Gasteiger partial charge in [-0.2, -0.15) is 5.10 Å². The summed E-state index contributed by atoms with van der Waals surface area (Å²) in [5.74, 6) is 0. The molecule has 0 bridgehead atoms. The maximum absolute atomic E-state index is 8.90. The van der Waals surface area contributed by atoms with Gasteiger partial charge in [-0.25, -0.2) is 4.98 Å². The lowest BCUT2D eigenvalue weighted by Crippen LogP contribution is -1.86. The third kappa shape index (κ3) is 1.56. The summed E-state index contributed by atoms with van der Waals surface area (Å²) in [6, 6.07) is 0. The van der Waals surface area contributed by atoms with E-state index in [4.69, 9.17) is 5.11 Å². The maximum atomic E-state index is 8.90. The van der Waals surface area contributed by atoms with Gasteiger partial charge in [-0.05, 0) is 6.92 Å². The van der Waals surface area contributed by atoms with Crippen molar-refractivity contribution in [3.05, 3.63) is 22.3 Å². The van der Waals surface area contributed by atoms with Gasteiger partial charge < -0.3 is 5.11 Å². The minimum atomic E-state index is 0.00394. The summed E-state index contributed by atoms with van der Waals surface area (Å²) in [5.41, 5.74) is 2.88. The van der Waals surface area contributed by atoms with Gasteiger partial charge in [0.1, 0.15) is 5.01 Å². The van der Waals surface area contributed by atoms with Crippen molar-refractivity contribution >= 4 is 11.3 Å². The Balaban J connectivity index is 2.43. The van der Waals surface area contributed by atoms with Crippen LogP contribution < -0.4 is 0 Å². The van der Waals surface area contributed by atoms with Crippen molar-refractivity contribution in [1.29, 1.82) is 0 Å². The minimum Gasteiger partial charge on any atom is -0.389 e. The van der Waals surface area contributed by atoms with Gasteiger partial charge in [-0.3, -0.25) is 4.68 Å². The molecule has 2 aromatic heterocycles. The SMILES string of the molecule is Cc1nn(C)cc1-c1csc(CO)n1. The van der Waals surface area contributed by atoms with Crippen LogP contribution in [0.3, 0.4) is 0 Å². The fourth-order valence-electron chi connectivity index (χ4n) is 1.36. The van der Waals surface area contributed by atoms with Crippen LogP contribution in [-0.2, 0) is 13.7 Å². The molecule has 0 unspecified atom stereocenters. The second-order valence-electron chi connectivity index (χ2n) is 3.09. The predicted molar refractivity (Wildman–Crippen MR) is 55.0 cm³/mol. The maximum Gasteiger partial charge on any atom is 0.119 e. The number of aryl methyl sites for hydroxylation is 2. The highest BCUT2D eigenvalue weighted by Gasteiger charge is 2.09. The van der Waals surface area contributed by atoms with Crippen molar-refractivity contribution in [2.45, 2.75) is 13.5 Å². The Kier molecular flexibility index (Phi) is 2.35. The Morgan fingerprint density at radius 2 is 2.36 bits per heavy atom. The van der Waals surface area contributed by atoms with Gasteiger partial charge >= 0.3 is 0 Å². The highest BCUT2D eigenvalue weighted by molar-refractivity contribution is 7.09. The summed E-state index contributed by atoms with van der Waals surface area (Å²) in [7, 11) is 1.88. The van der Waals surface area contributed by atoms with Crippen LogP contribution in [0.25, 0.3) is 11.3 Å². The molecule has 74 valence electrons. The van der Waals surface area contributed by atoms with Crippen LogP contribution in [0.5, 0.6) is 0 Å². The first kappa shape index (κ1) is 9.36. The lowest BCUT2D eigenvalue weighted by Gasteiger charge is -1.90. The first-order valence-corrected chi connectivity index (χ1v) is 5.14. The van der Waals surface area contributed by atoms with E-state index in [1.807, 2.05) is 25.5 Å². The molecule has 0 aliphatic carbocycles. The molecule has 0 atom stereocenters. The van der Waals surface area contributed by atoms with E-state index in [2.05, 4.69) is 10.1 Å². The normalized spacial score (nSPS) is 10.8. The van der Waals surface area contributed by atoms with Crippen molar-refractivity contribution in [3.8, 4) is 11.3 Å². The molecule has 0 saturated carbocycles. The number of aromatic nitrogens is 3. The number of hydrogen-bond donors (Lipinski definition) is 1. The Bertz CT molecular complexity index is 447. The molecule has 2 heterocycles. The summed E-state index contributed by atoms with van der Waals surface area (Å²) in [6.07, 6.45) is 1.94. The molecule has 0 aliphatic rings. The van der Waals surface area contributed by atoms with Crippen molar-refractivity contribution in [1.82, 2.24) is 14.8 Å². The molecule has 0 amide bonds. The second kappa shape index (κ2) is 3.51. The zero-order valence-corrected chi connectivity index (χ0v) is 8.88. The Morgan fingerprint density at radius 1 is 1.57 bits per heavy atom. The van der Waals surface area contributed by atoms with E-state index in [1.54, 1.807) is 4.68 Å². The summed E-state index contributed by atoms with van der Waals surface area (Å²) >= 11 is 1.46. The molecule has 0 saturated heterocycles. The molecule has 14 heavy (non-hydrogen) atoms. The van der Waals surface area contributed by atoms with Gasteiger partial charge in [0.25, 0.3) is 0 Å². The molecule has 2 aromatic rings. The molecule has 1 N–H and O–H groups in total. The van der Waals surface area contributed by atoms with Crippen molar-refractivity contribution in [2.24, 2.45) is 7.05 Å². The lowest BCUT2D eigenvalue weighted by atomic mass is 10.2. The van der Waals surface area contributed by atoms with E-state index >= 15 is 0 Å². The van der Waals surface area contributed by atoms with Crippen LogP contribution in [-0.4, -0.2) is 19.9 Å². The number of aliphatic hydroxyl groups is 1. The molecule has 5 heteroatoms. The van der Waals surface area contributed by atoms with Crippen LogP contribution in [0, 0.1) is 6.92 Å². The summed E-state index contributed by atoms with van der Waals surface area (Å²) in [6.45, 7) is 1.96. The van der Waals surface area contributed by atoms with Gasteiger partial charge in [0, 0.05) is 24.2 Å². The number of rotatable bonds is 2. The summed E-state index contributed by atoms with van der Waals surface area (Å²) in [5, 5.41) is 15.8. The van der Waals surface area contributed by atoms with Crippen LogP contribution in [0.2, 0.25) is 0 Å². The van der Waals surface area contributed by atoms with E-state index in [0.717, 1.165) is 22.0 Å². The minimum absolute atomic E-state index is 0.00394. The van der Waals surface area contributed by atoms with E-state index < -0.39 is 0 Å². The smallest absolute Gasteiger partial charge is 0.119 e. The van der Waals surface area contributed by atoms with Crippen LogP contribution in [0.15, 0.2) is 11.6 Å². The van der Waals surface area contributed by atoms with Gasteiger partial charge in [0.15, 0.2) is 0 Å². The third-order valence-electron chi connectivity index (χ3n) is 1.98. The Labute approximate surface area is 85.8 Å². The topological polar surface area (TPSA) is 50.9 Å². The number of nitrogens with zero attached hydrogens (tertiary/aromatic N) is 3. The highest BCUT2D eigenvalue weighted by atomic mass is 32.1. The lowest BCUT2D eigenvalue weighted by molar-refractivity contribution is 0.281. The highest BCUT2D eigenvalue weighted by Crippen LogP contribution is 2.23. The zero-order valence-electron chi connectivity index (χ0n) is 8.06. The van der Waals surface area contributed by atoms with Crippen molar-refractivity contribution in [2.75, 3.05) is 0 Å². The standard InChI is InChI=1S/C9H11N3OS/c1-6-7(3-12(2)11-6)8-5-14-9(4-13)10-8/h3,5,13H,4H2,1-2H3. The Morgan fingerprint density at radius 3 is 2.86 bits per heavy atom. The number of aliphatic hydroxyl groups excluding tert-OH is 1. The van der Waals surface area contributed by atoms with E-state index in [0.29, 0.717) is 0 Å². The quantitative estimate of drug-likeness (QED) is 0.812.